The average Bonchev–Trinajstić information content (AvgIpc) is 2.72. The van der Waals surface area contributed by atoms with Crippen molar-refractivity contribution < 1.29 is 32.2 Å². The molecule has 1 aliphatic heterocycles. The van der Waals surface area contributed by atoms with E-state index < -0.39 is 6.36 Å². The fraction of sp³-hybridized carbons (Fsp3) is 0.333. The van der Waals surface area contributed by atoms with Gasteiger partial charge in [-0.3, -0.25) is 9.59 Å². The summed E-state index contributed by atoms with van der Waals surface area (Å²) in [5.74, 6) is -0.517. The Hall–Kier alpha value is -3.23. The van der Waals surface area contributed by atoms with Gasteiger partial charge in [0, 0.05) is 50.2 Å². The predicted molar refractivity (Wildman–Crippen MR) is 103 cm³/mol. The van der Waals surface area contributed by atoms with E-state index in [1.165, 1.54) is 25.2 Å². The highest BCUT2D eigenvalue weighted by Gasteiger charge is 2.31. The van der Waals surface area contributed by atoms with Crippen LogP contribution in [0.25, 0.3) is 0 Å². The number of nitrogens with one attached hydrogen (secondary N) is 1. The van der Waals surface area contributed by atoms with Gasteiger partial charge in [-0.15, -0.1) is 13.2 Å². The SMILES string of the molecule is CNC(=O)c1cccc(C(=O)N2CCC(Oc3cccc(OC(F)(F)F)c3)CC2)c1. The van der Waals surface area contributed by atoms with Gasteiger partial charge < -0.3 is 19.7 Å². The molecule has 3 rings (SSSR count). The number of rotatable bonds is 5. The number of likely N-dealkylation sites (tertiary alicyclic amines) is 1. The van der Waals surface area contributed by atoms with Crippen molar-refractivity contribution in [3.63, 3.8) is 0 Å². The fourth-order valence-corrected chi connectivity index (χ4v) is 3.23. The van der Waals surface area contributed by atoms with Crippen LogP contribution >= 0.6 is 0 Å². The van der Waals surface area contributed by atoms with Crippen molar-refractivity contribution in [1.29, 1.82) is 0 Å². The summed E-state index contributed by atoms with van der Waals surface area (Å²) in [6, 6.07) is 11.9. The molecular weight excluding hydrogens is 401 g/mol. The van der Waals surface area contributed by atoms with E-state index in [2.05, 4.69) is 10.1 Å². The molecular formula is C21H21F3N2O4. The Morgan fingerprint density at radius 2 is 1.63 bits per heavy atom. The van der Waals surface area contributed by atoms with Crippen molar-refractivity contribution in [2.45, 2.75) is 25.3 Å². The molecule has 0 saturated carbocycles. The number of nitrogens with zero attached hydrogens (tertiary/aromatic N) is 1. The Balaban J connectivity index is 1.57. The number of amides is 2. The van der Waals surface area contributed by atoms with E-state index in [0.29, 0.717) is 37.1 Å². The summed E-state index contributed by atoms with van der Waals surface area (Å²) in [7, 11) is 1.52. The molecule has 2 aromatic carbocycles. The summed E-state index contributed by atoms with van der Waals surface area (Å²) in [6.45, 7) is 0.874. The quantitative estimate of drug-likeness (QED) is 0.799. The van der Waals surface area contributed by atoms with Gasteiger partial charge in [0.05, 0.1) is 0 Å². The van der Waals surface area contributed by atoms with Gasteiger partial charge in [-0.1, -0.05) is 12.1 Å². The number of piperidine rings is 1. The summed E-state index contributed by atoms with van der Waals surface area (Å²) >= 11 is 0. The van der Waals surface area contributed by atoms with Crippen molar-refractivity contribution in [3.05, 3.63) is 59.7 Å². The second-order valence-corrected chi connectivity index (χ2v) is 6.79. The smallest absolute Gasteiger partial charge is 0.490 e. The minimum Gasteiger partial charge on any atom is -0.490 e. The maximum atomic E-state index is 12.7. The number of halogens is 3. The van der Waals surface area contributed by atoms with Gasteiger partial charge >= 0.3 is 6.36 Å². The number of carbonyl (C=O) groups is 2. The zero-order chi connectivity index (χ0) is 21.7. The van der Waals surface area contributed by atoms with Gasteiger partial charge in [-0.25, -0.2) is 0 Å². The zero-order valence-electron chi connectivity index (χ0n) is 16.2. The van der Waals surface area contributed by atoms with E-state index in [9.17, 15) is 22.8 Å². The molecule has 1 heterocycles. The maximum Gasteiger partial charge on any atom is 0.573 e. The molecule has 1 aliphatic rings. The first-order chi connectivity index (χ1) is 14.2. The van der Waals surface area contributed by atoms with Crippen molar-refractivity contribution in [2.24, 2.45) is 0 Å². The number of ether oxygens (including phenoxy) is 2. The number of benzene rings is 2. The van der Waals surface area contributed by atoms with Crippen LogP contribution in [0.4, 0.5) is 13.2 Å². The fourth-order valence-electron chi connectivity index (χ4n) is 3.23. The lowest BCUT2D eigenvalue weighted by molar-refractivity contribution is -0.274. The highest BCUT2D eigenvalue weighted by molar-refractivity contribution is 5.99. The minimum absolute atomic E-state index is 0.181. The Labute approximate surface area is 171 Å². The molecule has 9 heteroatoms. The monoisotopic (exact) mass is 422 g/mol. The number of hydrogen-bond donors (Lipinski definition) is 1. The Bertz CT molecular complexity index is 909. The van der Waals surface area contributed by atoms with Crippen LogP contribution in [-0.2, 0) is 0 Å². The predicted octanol–water partition coefficient (Wildman–Crippen LogP) is 3.63. The second kappa shape index (κ2) is 9.06. The molecule has 6 nitrogen and oxygen atoms in total. The van der Waals surface area contributed by atoms with Gasteiger partial charge in [0.25, 0.3) is 11.8 Å². The van der Waals surface area contributed by atoms with Crippen molar-refractivity contribution >= 4 is 11.8 Å². The molecule has 0 radical (unpaired) electrons. The van der Waals surface area contributed by atoms with Crippen LogP contribution in [0.2, 0.25) is 0 Å². The number of hydrogen-bond acceptors (Lipinski definition) is 4. The van der Waals surface area contributed by atoms with E-state index in [0.717, 1.165) is 0 Å². The lowest BCUT2D eigenvalue weighted by Crippen LogP contribution is -2.41. The van der Waals surface area contributed by atoms with Crippen LogP contribution in [0, 0.1) is 0 Å². The lowest BCUT2D eigenvalue weighted by atomic mass is 10.0. The average molecular weight is 422 g/mol. The van der Waals surface area contributed by atoms with Crippen LogP contribution in [0.15, 0.2) is 48.5 Å². The molecule has 0 spiro atoms. The molecule has 1 N–H and O–H groups in total. The molecule has 1 fully saturated rings. The van der Waals surface area contributed by atoms with Crippen molar-refractivity contribution in [2.75, 3.05) is 20.1 Å². The molecule has 0 aliphatic carbocycles. The third-order valence-electron chi connectivity index (χ3n) is 4.67. The normalized spacial score (nSPS) is 14.9. The van der Waals surface area contributed by atoms with E-state index in [1.807, 2.05) is 0 Å². The number of alkyl halides is 3. The summed E-state index contributed by atoms with van der Waals surface area (Å²) in [5, 5.41) is 2.52. The summed E-state index contributed by atoms with van der Waals surface area (Å²) < 4.78 is 46.7. The van der Waals surface area contributed by atoms with E-state index in [-0.39, 0.29) is 29.4 Å². The van der Waals surface area contributed by atoms with Crippen molar-refractivity contribution in [3.8, 4) is 11.5 Å². The topological polar surface area (TPSA) is 67.9 Å². The molecule has 30 heavy (non-hydrogen) atoms. The summed E-state index contributed by atoms with van der Waals surface area (Å²) in [6.07, 6.45) is -3.93. The molecule has 2 aromatic rings. The lowest BCUT2D eigenvalue weighted by Gasteiger charge is -2.32. The van der Waals surface area contributed by atoms with Gasteiger partial charge in [0.2, 0.25) is 0 Å². The van der Waals surface area contributed by atoms with Crippen molar-refractivity contribution in [1.82, 2.24) is 10.2 Å². The molecule has 2 amide bonds. The summed E-state index contributed by atoms with van der Waals surface area (Å²) in [5.41, 5.74) is 0.829. The molecule has 0 bridgehead atoms. The Morgan fingerprint density at radius 1 is 1.00 bits per heavy atom. The van der Waals surface area contributed by atoms with Crippen LogP contribution in [-0.4, -0.2) is 49.3 Å². The van der Waals surface area contributed by atoms with Gasteiger partial charge in [0.15, 0.2) is 0 Å². The van der Waals surface area contributed by atoms with Gasteiger partial charge in [-0.2, -0.15) is 0 Å². The maximum absolute atomic E-state index is 12.7. The van der Waals surface area contributed by atoms with Gasteiger partial charge in [0.1, 0.15) is 17.6 Å². The highest BCUT2D eigenvalue weighted by atomic mass is 19.4. The molecule has 160 valence electrons. The molecule has 1 saturated heterocycles. The first-order valence-electron chi connectivity index (χ1n) is 9.39. The van der Waals surface area contributed by atoms with Gasteiger partial charge in [-0.05, 0) is 30.3 Å². The summed E-state index contributed by atoms with van der Waals surface area (Å²) in [4.78, 5) is 26.2. The van der Waals surface area contributed by atoms with E-state index >= 15 is 0 Å². The van der Waals surface area contributed by atoms with Crippen LogP contribution in [0.3, 0.4) is 0 Å². The Kier molecular flexibility index (Phi) is 6.49. The van der Waals surface area contributed by atoms with Crippen LogP contribution < -0.4 is 14.8 Å². The number of carbonyl (C=O) groups excluding carboxylic acids is 2. The molecule has 0 atom stereocenters. The van der Waals surface area contributed by atoms with Crippen LogP contribution in [0.5, 0.6) is 11.5 Å². The highest BCUT2D eigenvalue weighted by Crippen LogP contribution is 2.28. The first-order valence-corrected chi connectivity index (χ1v) is 9.39. The van der Waals surface area contributed by atoms with E-state index in [1.54, 1.807) is 35.2 Å². The molecule has 0 aromatic heterocycles. The zero-order valence-corrected chi connectivity index (χ0v) is 16.2. The second-order valence-electron chi connectivity index (χ2n) is 6.79. The van der Waals surface area contributed by atoms with Crippen LogP contribution in [0.1, 0.15) is 33.6 Å². The Morgan fingerprint density at radius 3 is 2.30 bits per heavy atom. The third-order valence-corrected chi connectivity index (χ3v) is 4.67. The molecule has 0 unspecified atom stereocenters. The van der Waals surface area contributed by atoms with E-state index in [4.69, 9.17) is 4.74 Å². The standard InChI is InChI=1S/C21H21F3N2O4/c1-25-19(27)14-4-2-5-15(12-14)20(28)26-10-8-16(9-11-26)29-17-6-3-7-18(13-17)30-21(22,23)24/h2-7,12-13,16H,8-11H2,1H3,(H,25,27). The largest absolute Gasteiger partial charge is 0.573 e. The first kappa shape index (κ1) is 21.5. The minimum atomic E-state index is -4.76. The third kappa shape index (κ3) is 5.65.